The summed E-state index contributed by atoms with van der Waals surface area (Å²) >= 11 is 1.22. The predicted molar refractivity (Wildman–Crippen MR) is 123 cm³/mol. The highest BCUT2D eigenvalue weighted by molar-refractivity contribution is 7.14. The molecule has 1 aliphatic rings. The summed E-state index contributed by atoms with van der Waals surface area (Å²) in [4.78, 5) is 32.4. The lowest BCUT2D eigenvalue weighted by Crippen LogP contribution is -2.46. The molecule has 2 heterocycles. The lowest BCUT2D eigenvalue weighted by molar-refractivity contribution is -0.117. The summed E-state index contributed by atoms with van der Waals surface area (Å²) in [5.74, 6) is -0.330. The van der Waals surface area contributed by atoms with E-state index in [-0.39, 0.29) is 23.5 Å². The third kappa shape index (κ3) is 6.21. The average Bonchev–Trinajstić information content (AvgIpc) is 3.20. The van der Waals surface area contributed by atoms with Crippen molar-refractivity contribution in [2.24, 2.45) is 5.92 Å². The zero-order valence-electron chi connectivity index (χ0n) is 18.2. The molecular formula is C23H29FN4O2S. The van der Waals surface area contributed by atoms with E-state index in [1.807, 2.05) is 0 Å². The Morgan fingerprint density at radius 3 is 2.90 bits per heavy atom. The van der Waals surface area contributed by atoms with E-state index in [4.69, 9.17) is 0 Å². The highest BCUT2D eigenvalue weighted by Crippen LogP contribution is 2.30. The minimum atomic E-state index is -0.499. The van der Waals surface area contributed by atoms with E-state index in [0.717, 1.165) is 13.1 Å². The van der Waals surface area contributed by atoms with Crippen molar-refractivity contribution in [3.05, 3.63) is 47.2 Å². The first kappa shape index (κ1) is 23.1. The van der Waals surface area contributed by atoms with E-state index in [1.165, 1.54) is 54.2 Å². The Morgan fingerprint density at radius 2 is 2.19 bits per heavy atom. The third-order valence-corrected chi connectivity index (χ3v) is 6.24. The summed E-state index contributed by atoms with van der Waals surface area (Å²) < 4.78 is 14.2. The van der Waals surface area contributed by atoms with Gasteiger partial charge in [0, 0.05) is 37.5 Å². The molecule has 1 aliphatic heterocycles. The van der Waals surface area contributed by atoms with Gasteiger partial charge in [-0.1, -0.05) is 19.1 Å². The van der Waals surface area contributed by atoms with Gasteiger partial charge in [-0.05, 0) is 50.4 Å². The van der Waals surface area contributed by atoms with Crippen molar-refractivity contribution in [1.82, 2.24) is 15.2 Å². The first-order chi connectivity index (χ1) is 14.8. The molecule has 1 aromatic carbocycles. The number of nitrogens with one attached hydrogen (secondary N) is 1. The maximum Gasteiger partial charge on any atom is 0.244 e. The number of benzene rings is 1. The molecule has 1 N–H and O–H groups in total. The van der Waals surface area contributed by atoms with Crippen molar-refractivity contribution in [3.8, 4) is 0 Å². The Labute approximate surface area is 186 Å². The standard InChI is InChI=1S/C23H29FN4O2S/c1-16-7-6-12-27(14-16)17(2)13-25-22(30)11-10-19-15-31-23(26-19)28(18(3)29)21-9-5-4-8-20(21)24/h4-5,8-11,15-17H,6-7,12-14H2,1-3H3,(H,25,30)/b11-10+. The number of hydrogen-bond donors (Lipinski definition) is 1. The SMILES string of the molecule is CC(=O)N(c1nc(/C=C/C(=O)NCC(C)N2CCCC(C)C2)cs1)c1ccccc1F. The quantitative estimate of drug-likeness (QED) is 0.650. The molecule has 2 amide bonds. The molecule has 0 saturated carbocycles. The van der Waals surface area contributed by atoms with Gasteiger partial charge in [-0.3, -0.25) is 19.4 Å². The van der Waals surface area contributed by atoms with Crippen LogP contribution in [0.3, 0.4) is 0 Å². The van der Waals surface area contributed by atoms with Gasteiger partial charge in [0.2, 0.25) is 11.8 Å². The maximum absolute atomic E-state index is 14.2. The van der Waals surface area contributed by atoms with Gasteiger partial charge >= 0.3 is 0 Å². The molecule has 2 atom stereocenters. The van der Waals surface area contributed by atoms with Gasteiger partial charge in [-0.15, -0.1) is 11.3 Å². The van der Waals surface area contributed by atoms with Crippen LogP contribution in [-0.4, -0.2) is 47.4 Å². The summed E-state index contributed by atoms with van der Waals surface area (Å²) in [7, 11) is 0. The molecule has 8 heteroatoms. The van der Waals surface area contributed by atoms with Gasteiger partial charge in [-0.2, -0.15) is 0 Å². The lowest BCUT2D eigenvalue weighted by Gasteiger charge is -2.35. The summed E-state index contributed by atoms with van der Waals surface area (Å²) in [6.45, 7) is 8.50. The number of thiazole rings is 1. The van der Waals surface area contributed by atoms with Crippen molar-refractivity contribution in [1.29, 1.82) is 0 Å². The Hall–Kier alpha value is -2.58. The molecule has 1 aromatic heterocycles. The van der Waals surface area contributed by atoms with Crippen LogP contribution in [0.15, 0.2) is 35.7 Å². The highest BCUT2D eigenvalue weighted by atomic mass is 32.1. The smallest absolute Gasteiger partial charge is 0.244 e. The predicted octanol–water partition coefficient (Wildman–Crippen LogP) is 4.22. The minimum Gasteiger partial charge on any atom is -0.351 e. The maximum atomic E-state index is 14.2. The molecular weight excluding hydrogens is 415 g/mol. The molecule has 0 aliphatic carbocycles. The van der Waals surface area contributed by atoms with Crippen LogP contribution in [0.2, 0.25) is 0 Å². The van der Waals surface area contributed by atoms with Crippen LogP contribution in [-0.2, 0) is 9.59 Å². The molecule has 2 aromatic rings. The van der Waals surface area contributed by atoms with Crippen LogP contribution in [0.5, 0.6) is 0 Å². The van der Waals surface area contributed by atoms with E-state index in [0.29, 0.717) is 23.3 Å². The van der Waals surface area contributed by atoms with Crippen molar-refractivity contribution in [2.45, 2.75) is 39.7 Å². The lowest BCUT2D eigenvalue weighted by atomic mass is 9.99. The summed E-state index contributed by atoms with van der Waals surface area (Å²) in [6.07, 6.45) is 5.51. The molecule has 2 unspecified atom stereocenters. The zero-order valence-corrected chi connectivity index (χ0v) is 19.0. The van der Waals surface area contributed by atoms with E-state index in [2.05, 4.69) is 29.0 Å². The Balaban J connectivity index is 1.58. The number of carbonyl (C=O) groups is 2. The molecule has 0 bridgehead atoms. The van der Waals surface area contributed by atoms with E-state index in [9.17, 15) is 14.0 Å². The van der Waals surface area contributed by atoms with E-state index < -0.39 is 5.82 Å². The Bertz CT molecular complexity index is 945. The van der Waals surface area contributed by atoms with Crippen LogP contribution in [0.25, 0.3) is 6.08 Å². The number of aromatic nitrogens is 1. The Kier molecular flexibility index (Phi) is 7.92. The van der Waals surface area contributed by atoms with Gasteiger partial charge < -0.3 is 5.32 Å². The first-order valence-corrected chi connectivity index (χ1v) is 11.4. The van der Waals surface area contributed by atoms with Crippen molar-refractivity contribution in [3.63, 3.8) is 0 Å². The van der Waals surface area contributed by atoms with Crippen LogP contribution in [0.4, 0.5) is 15.2 Å². The third-order valence-electron chi connectivity index (χ3n) is 5.40. The number of anilines is 2. The fraction of sp³-hybridized carbons (Fsp3) is 0.435. The molecule has 3 rings (SSSR count). The molecule has 31 heavy (non-hydrogen) atoms. The van der Waals surface area contributed by atoms with Gasteiger partial charge in [0.1, 0.15) is 5.82 Å². The summed E-state index contributed by atoms with van der Waals surface area (Å²) in [5, 5.41) is 5.02. The molecule has 0 radical (unpaired) electrons. The van der Waals surface area contributed by atoms with Gasteiger partial charge in [0.05, 0.1) is 11.4 Å². The monoisotopic (exact) mass is 444 g/mol. The number of nitrogens with zero attached hydrogens (tertiary/aromatic N) is 3. The number of amides is 2. The van der Waals surface area contributed by atoms with Crippen LogP contribution in [0.1, 0.15) is 39.3 Å². The molecule has 1 saturated heterocycles. The zero-order chi connectivity index (χ0) is 22.4. The van der Waals surface area contributed by atoms with Crippen molar-refractivity contribution >= 4 is 40.0 Å². The Morgan fingerprint density at radius 1 is 1.42 bits per heavy atom. The number of para-hydroxylation sites is 1. The fourth-order valence-corrected chi connectivity index (χ4v) is 4.57. The van der Waals surface area contributed by atoms with E-state index >= 15 is 0 Å². The second-order valence-corrected chi connectivity index (χ2v) is 8.87. The summed E-state index contributed by atoms with van der Waals surface area (Å²) in [5.41, 5.74) is 0.689. The number of carbonyl (C=O) groups excluding carboxylic acids is 2. The summed E-state index contributed by atoms with van der Waals surface area (Å²) in [6, 6.07) is 6.36. The van der Waals surface area contributed by atoms with Crippen molar-refractivity contribution < 1.29 is 14.0 Å². The van der Waals surface area contributed by atoms with Crippen LogP contribution < -0.4 is 10.2 Å². The second-order valence-electron chi connectivity index (χ2n) is 8.03. The van der Waals surface area contributed by atoms with E-state index in [1.54, 1.807) is 23.6 Å². The number of piperidine rings is 1. The number of rotatable bonds is 7. The van der Waals surface area contributed by atoms with Crippen molar-refractivity contribution in [2.75, 3.05) is 24.5 Å². The topological polar surface area (TPSA) is 65.5 Å². The fourth-order valence-electron chi connectivity index (χ4n) is 3.72. The second kappa shape index (κ2) is 10.6. The number of hydrogen-bond acceptors (Lipinski definition) is 5. The van der Waals surface area contributed by atoms with Gasteiger partial charge in [0.15, 0.2) is 5.13 Å². The van der Waals surface area contributed by atoms with Crippen LogP contribution >= 0.6 is 11.3 Å². The minimum absolute atomic E-state index is 0.152. The van der Waals surface area contributed by atoms with Gasteiger partial charge in [-0.25, -0.2) is 9.37 Å². The van der Waals surface area contributed by atoms with Crippen LogP contribution in [0, 0.1) is 11.7 Å². The number of likely N-dealkylation sites (tertiary alicyclic amines) is 1. The molecule has 0 spiro atoms. The molecule has 166 valence electrons. The first-order valence-electron chi connectivity index (χ1n) is 10.6. The number of halogens is 1. The van der Waals surface area contributed by atoms with Gasteiger partial charge in [0.25, 0.3) is 0 Å². The average molecular weight is 445 g/mol. The molecule has 1 fully saturated rings. The highest BCUT2D eigenvalue weighted by Gasteiger charge is 2.22. The normalized spacial score (nSPS) is 18.1. The molecule has 6 nitrogen and oxygen atoms in total. The largest absolute Gasteiger partial charge is 0.351 e.